The maximum Gasteiger partial charge on any atom is 0.0271 e. The number of rotatable bonds is 5. The van der Waals surface area contributed by atoms with E-state index >= 15 is 0 Å². The summed E-state index contributed by atoms with van der Waals surface area (Å²) in [6.45, 7) is 7.69. The monoisotopic (exact) mass is 192 g/mol. The first-order valence-corrected chi connectivity index (χ1v) is 5.36. The van der Waals surface area contributed by atoms with E-state index in [1.807, 2.05) is 12.4 Å². The molecule has 2 heteroatoms. The molecule has 0 fully saturated rings. The third-order valence-electron chi connectivity index (χ3n) is 2.56. The van der Waals surface area contributed by atoms with Gasteiger partial charge in [0.25, 0.3) is 0 Å². The number of aromatic nitrogens is 1. The van der Waals surface area contributed by atoms with Crippen LogP contribution in [0.15, 0.2) is 24.5 Å². The number of nitrogens with one attached hydrogen (secondary N) is 1. The molecule has 0 aliphatic heterocycles. The molecule has 0 bridgehead atoms. The fourth-order valence-electron chi connectivity index (χ4n) is 1.60. The van der Waals surface area contributed by atoms with E-state index < -0.39 is 0 Å². The molecule has 14 heavy (non-hydrogen) atoms. The smallest absolute Gasteiger partial charge is 0.0271 e. The predicted octanol–water partition coefficient (Wildman–Crippen LogP) is 2.61. The van der Waals surface area contributed by atoms with Crippen molar-refractivity contribution < 1.29 is 0 Å². The highest BCUT2D eigenvalue weighted by Crippen LogP contribution is 2.06. The molecule has 1 N–H and O–H groups in total. The molecule has 1 aromatic heterocycles. The van der Waals surface area contributed by atoms with Crippen LogP contribution in [0.5, 0.6) is 0 Å². The van der Waals surface area contributed by atoms with Crippen molar-refractivity contribution in [1.82, 2.24) is 10.3 Å². The van der Waals surface area contributed by atoms with E-state index in [0.717, 1.165) is 6.54 Å². The summed E-state index contributed by atoms with van der Waals surface area (Å²) in [6, 6.07) is 4.73. The number of hydrogen-bond donors (Lipinski definition) is 1. The van der Waals surface area contributed by atoms with Gasteiger partial charge in [-0.1, -0.05) is 20.8 Å². The molecule has 0 aromatic carbocycles. The molecule has 1 aromatic rings. The fourth-order valence-corrected chi connectivity index (χ4v) is 1.60. The number of pyridine rings is 1. The Morgan fingerprint density at radius 3 is 2.43 bits per heavy atom. The normalized spacial score (nSPS) is 13.1. The van der Waals surface area contributed by atoms with Crippen LogP contribution in [0.4, 0.5) is 0 Å². The van der Waals surface area contributed by atoms with Gasteiger partial charge in [-0.25, -0.2) is 0 Å². The van der Waals surface area contributed by atoms with Crippen molar-refractivity contribution in [2.45, 2.75) is 39.8 Å². The zero-order chi connectivity index (χ0) is 10.4. The van der Waals surface area contributed by atoms with Gasteiger partial charge in [0.15, 0.2) is 0 Å². The van der Waals surface area contributed by atoms with Gasteiger partial charge in [-0.15, -0.1) is 0 Å². The molecule has 0 amide bonds. The Labute approximate surface area is 86.8 Å². The van der Waals surface area contributed by atoms with E-state index in [4.69, 9.17) is 0 Å². The first-order chi connectivity index (χ1) is 6.74. The molecule has 0 radical (unpaired) electrons. The third-order valence-corrected chi connectivity index (χ3v) is 2.56. The standard InChI is InChI=1S/C12H20N2/c1-4-12(10(2)3)14-9-11-5-7-13-8-6-11/h5-8,10,12,14H,4,9H2,1-3H3. The minimum Gasteiger partial charge on any atom is -0.310 e. The maximum absolute atomic E-state index is 4.00. The molecule has 1 heterocycles. The SMILES string of the molecule is CCC(NCc1ccncc1)C(C)C. The van der Waals surface area contributed by atoms with Gasteiger partial charge in [0.05, 0.1) is 0 Å². The molecule has 78 valence electrons. The van der Waals surface area contributed by atoms with Crippen LogP contribution in [0.2, 0.25) is 0 Å². The molecule has 0 aliphatic carbocycles. The molecule has 1 atom stereocenters. The van der Waals surface area contributed by atoms with Crippen molar-refractivity contribution in [2.24, 2.45) is 5.92 Å². The third kappa shape index (κ3) is 3.46. The lowest BCUT2D eigenvalue weighted by atomic mass is 10.0. The van der Waals surface area contributed by atoms with Crippen LogP contribution in [0.3, 0.4) is 0 Å². The molecule has 1 rings (SSSR count). The van der Waals surface area contributed by atoms with E-state index in [1.165, 1.54) is 12.0 Å². The quantitative estimate of drug-likeness (QED) is 0.775. The van der Waals surface area contributed by atoms with E-state index in [9.17, 15) is 0 Å². The minimum atomic E-state index is 0.614. The van der Waals surface area contributed by atoms with Crippen molar-refractivity contribution in [2.75, 3.05) is 0 Å². The van der Waals surface area contributed by atoms with E-state index in [2.05, 4.69) is 43.2 Å². The molecule has 0 saturated carbocycles. The van der Waals surface area contributed by atoms with Gasteiger partial charge in [-0.3, -0.25) is 4.98 Å². The van der Waals surface area contributed by atoms with Gasteiger partial charge in [0.2, 0.25) is 0 Å². The van der Waals surface area contributed by atoms with Gasteiger partial charge < -0.3 is 5.32 Å². The van der Waals surface area contributed by atoms with Crippen LogP contribution >= 0.6 is 0 Å². The summed E-state index contributed by atoms with van der Waals surface area (Å²) in [5.74, 6) is 0.696. The summed E-state index contributed by atoms with van der Waals surface area (Å²) < 4.78 is 0. The molecule has 1 unspecified atom stereocenters. The predicted molar refractivity (Wildman–Crippen MR) is 60.0 cm³/mol. The van der Waals surface area contributed by atoms with Crippen LogP contribution in [0.25, 0.3) is 0 Å². The lowest BCUT2D eigenvalue weighted by Gasteiger charge is -2.20. The second kappa shape index (κ2) is 5.76. The van der Waals surface area contributed by atoms with Crippen LogP contribution in [0.1, 0.15) is 32.8 Å². The average molecular weight is 192 g/mol. The van der Waals surface area contributed by atoms with Gasteiger partial charge in [0.1, 0.15) is 0 Å². The number of nitrogens with zero attached hydrogens (tertiary/aromatic N) is 1. The Hall–Kier alpha value is -0.890. The lowest BCUT2D eigenvalue weighted by Crippen LogP contribution is -2.32. The van der Waals surface area contributed by atoms with Gasteiger partial charge in [-0.05, 0) is 30.0 Å². The highest BCUT2D eigenvalue weighted by Gasteiger charge is 2.09. The van der Waals surface area contributed by atoms with Crippen molar-refractivity contribution in [3.63, 3.8) is 0 Å². The first kappa shape index (κ1) is 11.2. The Kier molecular flexibility index (Phi) is 4.60. The zero-order valence-corrected chi connectivity index (χ0v) is 9.33. The summed E-state index contributed by atoms with van der Waals surface area (Å²) in [4.78, 5) is 4.00. The fraction of sp³-hybridized carbons (Fsp3) is 0.583. The molecule has 0 spiro atoms. The Morgan fingerprint density at radius 2 is 1.93 bits per heavy atom. The molecular weight excluding hydrogens is 172 g/mol. The van der Waals surface area contributed by atoms with Crippen LogP contribution in [-0.4, -0.2) is 11.0 Å². The summed E-state index contributed by atoms with van der Waals surface area (Å²) >= 11 is 0. The van der Waals surface area contributed by atoms with E-state index in [-0.39, 0.29) is 0 Å². The maximum atomic E-state index is 4.00. The second-order valence-electron chi connectivity index (χ2n) is 4.00. The van der Waals surface area contributed by atoms with Crippen molar-refractivity contribution in [3.8, 4) is 0 Å². The largest absolute Gasteiger partial charge is 0.310 e. The molecular formula is C12H20N2. The van der Waals surface area contributed by atoms with Crippen molar-refractivity contribution in [3.05, 3.63) is 30.1 Å². The van der Waals surface area contributed by atoms with E-state index in [0.29, 0.717) is 12.0 Å². The number of hydrogen-bond acceptors (Lipinski definition) is 2. The molecule has 0 aliphatic rings. The lowest BCUT2D eigenvalue weighted by molar-refractivity contribution is 0.387. The minimum absolute atomic E-state index is 0.614. The Morgan fingerprint density at radius 1 is 1.29 bits per heavy atom. The second-order valence-corrected chi connectivity index (χ2v) is 4.00. The topological polar surface area (TPSA) is 24.9 Å². The van der Waals surface area contributed by atoms with Crippen LogP contribution < -0.4 is 5.32 Å². The Bertz CT molecular complexity index is 244. The first-order valence-electron chi connectivity index (χ1n) is 5.36. The summed E-state index contributed by atoms with van der Waals surface area (Å²) in [7, 11) is 0. The van der Waals surface area contributed by atoms with Crippen LogP contribution in [0, 0.1) is 5.92 Å². The summed E-state index contributed by atoms with van der Waals surface area (Å²) in [5.41, 5.74) is 1.30. The average Bonchev–Trinajstić information content (AvgIpc) is 2.20. The van der Waals surface area contributed by atoms with Crippen molar-refractivity contribution >= 4 is 0 Å². The summed E-state index contributed by atoms with van der Waals surface area (Å²) in [6.07, 6.45) is 4.86. The summed E-state index contributed by atoms with van der Waals surface area (Å²) in [5, 5.41) is 3.56. The van der Waals surface area contributed by atoms with E-state index in [1.54, 1.807) is 0 Å². The molecule has 0 saturated heterocycles. The van der Waals surface area contributed by atoms with Crippen LogP contribution in [-0.2, 0) is 6.54 Å². The highest BCUT2D eigenvalue weighted by atomic mass is 14.9. The van der Waals surface area contributed by atoms with Gasteiger partial charge in [-0.2, -0.15) is 0 Å². The van der Waals surface area contributed by atoms with Crippen molar-refractivity contribution in [1.29, 1.82) is 0 Å². The zero-order valence-electron chi connectivity index (χ0n) is 9.33. The Balaban J connectivity index is 2.40. The molecule has 2 nitrogen and oxygen atoms in total. The van der Waals surface area contributed by atoms with Gasteiger partial charge in [0, 0.05) is 25.0 Å². The highest BCUT2D eigenvalue weighted by molar-refractivity contribution is 5.09. The van der Waals surface area contributed by atoms with Gasteiger partial charge >= 0.3 is 0 Å².